The van der Waals surface area contributed by atoms with E-state index in [0.717, 1.165) is 44.1 Å². The fourth-order valence-corrected chi connectivity index (χ4v) is 2.18. The minimum absolute atomic E-state index is 0.911. The van der Waals surface area contributed by atoms with Gasteiger partial charge >= 0.3 is 0 Å². The van der Waals surface area contributed by atoms with Gasteiger partial charge in [-0.25, -0.2) is 4.98 Å². The molecule has 0 bridgehead atoms. The topological polar surface area (TPSA) is 28.2 Å². The highest BCUT2D eigenvalue weighted by Crippen LogP contribution is 2.19. The lowest BCUT2D eigenvalue weighted by Gasteiger charge is -2.27. The molecule has 2 rings (SSSR count). The lowest BCUT2D eigenvalue weighted by atomic mass is 10.1. The third kappa shape index (κ3) is 3.10. The maximum atomic E-state index is 4.73. The molecule has 0 aliphatic carbocycles. The molecule has 0 saturated heterocycles. The maximum absolute atomic E-state index is 4.73. The van der Waals surface area contributed by atoms with Gasteiger partial charge in [-0.2, -0.15) is 0 Å². The quantitative estimate of drug-likeness (QED) is 0.827. The van der Waals surface area contributed by atoms with Crippen LogP contribution in [0.2, 0.25) is 0 Å². The highest BCUT2D eigenvalue weighted by molar-refractivity contribution is 5.43. The van der Waals surface area contributed by atoms with Crippen LogP contribution in [0.25, 0.3) is 0 Å². The van der Waals surface area contributed by atoms with Gasteiger partial charge in [-0.1, -0.05) is 24.6 Å². The summed E-state index contributed by atoms with van der Waals surface area (Å²) in [5.74, 6) is 1.11. The van der Waals surface area contributed by atoms with Crippen molar-refractivity contribution in [3.05, 3.63) is 35.0 Å². The van der Waals surface area contributed by atoms with Gasteiger partial charge in [0.1, 0.15) is 5.82 Å². The molecule has 0 saturated carbocycles. The number of hydrogen-bond acceptors (Lipinski definition) is 3. The molecule has 0 radical (unpaired) electrons. The molecule has 18 heavy (non-hydrogen) atoms. The van der Waals surface area contributed by atoms with Crippen molar-refractivity contribution < 1.29 is 0 Å². The first-order valence-corrected chi connectivity index (χ1v) is 6.78. The van der Waals surface area contributed by atoms with E-state index in [1.54, 1.807) is 0 Å². The van der Waals surface area contributed by atoms with Gasteiger partial charge in [-0.3, -0.25) is 0 Å². The van der Waals surface area contributed by atoms with Crippen LogP contribution >= 0.6 is 0 Å². The van der Waals surface area contributed by atoms with Gasteiger partial charge in [0, 0.05) is 25.3 Å². The Morgan fingerprint density at radius 2 is 2.17 bits per heavy atom. The lowest BCUT2D eigenvalue weighted by Crippen LogP contribution is -2.29. The molecular formula is C15H23N3. The van der Waals surface area contributed by atoms with E-state index in [2.05, 4.69) is 49.2 Å². The molecule has 0 unspecified atom stereocenters. The van der Waals surface area contributed by atoms with E-state index in [1.807, 2.05) is 0 Å². The van der Waals surface area contributed by atoms with Gasteiger partial charge in [0.05, 0.1) is 0 Å². The fourth-order valence-electron chi connectivity index (χ4n) is 2.18. The van der Waals surface area contributed by atoms with Gasteiger partial charge in [0.15, 0.2) is 0 Å². The first-order chi connectivity index (χ1) is 8.70. The van der Waals surface area contributed by atoms with Crippen LogP contribution in [0.5, 0.6) is 0 Å². The number of aryl methyl sites for hydroxylation is 1. The second-order valence-corrected chi connectivity index (χ2v) is 4.94. The predicted molar refractivity (Wildman–Crippen MR) is 76.9 cm³/mol. The minimum atomic E-state index is 0.911. The molecule has 1 aliphatic rings. The average molecular weight is 245 g/mol. The second kappa shape index (κ2) is 6.01. The van der Waals surface area contributed by atoms with Crippen molar-refractivity contribution in [2.75, 3.05) is 24.5 Å². The van der Waals surface area contributed by atoms with Gasteiger partial charge in [0.2, 0.25) is 0 Å². The SMILES string of the molecule is CCNCc1ccc(N2CC=C(C)CC2)nc1C. The van der Waals surface area contributed by atoms with Gasteiger partial charge in [0.25, 0.3) is 0 Å². The largest absolute Gasteiger partial charge is 0.353 e. The number of hydrogen-bond donors (Lipinski definition) is 1. The lowest BCUT2D eigenvalue weighted by molar-refractivity contribution is 0.717. The Labute approximate surface area is 110 Å². The molecule has 2 heterocycles. The van der Waals surface area contributed by atoms with Crippen LogP contribution < -0.4 is 10.2 Å². The Morgan fingerprint density at radius 1 is 1.33 bits per heavy atom. The molecule has 0 fully saturated rings. The molecule has 1 aromatic rings. The van der Waals surface area contributed by atoms with Crippen molar-refractivity contribution in [2.45, 2.75) is 33.7 Å². The number of pyridine rings is 1. The van der Waals surface area contributed by atoms with Crippen molar-refractivity contribution in [3.8, 4) is 0 Å². The summed E-state index contributed by atoms with van der Waals surface area (Å²) in [6, 6.07) is 4.35. The van der Waals surface area contributed by atoms with Gasteiger partial charge < -0.3 is 10.2 Å². The standard InChI is InChI=1S/C15H23N3/c1-4-16-11-14-5-6-15(17-13(14)3)18-9-7-12(2)8-10-18/h5-7,16H,4,8-11H2,1-3H3. The number of nitrogens with one attached hydrogen (secondary N) is 1. The normalized spacial score (nSPS) is 15.7. The van der Waals surface area contributed by atoms with E-state index in [-0.39, 0.29) is 0 Å². The molecule has 3 nitrogen and oxygen atoms in total. The molecule has 0 spiro atoms. The zero-order valence-corrected chi connectivity index (χ0v) is 11.7. The summed E-state index contributed by atoms with van der Waals surface area (Å²) in [6.07, 6.45) is 3.45. The van der Waals surface area contributed by atoms with Crippen LogP contribution in [-0.2, 0) is 6.54 Å². The van der Waals surface area contributed by atoms with E-state index in [0.29, 0.717) is 0 Å². The van der Waals surface area contributed by atoms with E-state index >= 15 is 0 Å². The monoisotopic (exact) mass is 245 g/mol. The van der Waals surface area contributed by atoms with E-state index in [9.17, 15) is 0 Å². The second-order valence-electron chi connectivity index (χ2n) is 4.94. The van der Waals surface area contributed by atoms with Crippen LogP contribution in [0.15, 0.2) is 23.8 Å². The molecule has 3 heteroatoms. The Kier molecular flexibility index (Phi) is 4.37. The summed E-state index contributed by atoms with van der Waals surface area (Å²) in [5.41, 5.74) is 3.93. The minimum Gasteiger partial charge on any atom is -0.353 e. The molecule has 0 amide bonds. The molecule has 1 N–H and O–H groups in total. The summed E-state index contributed by atoms with van der Waals surface area (Å²) in [5, 5.41) is 3.35. The van der Waals surface area contributed by atoms with Crippen molar-refractivity contribution in [1.29, 1.82) is 0 Å². The predicted octanol–water partition coefficient (Wildman–Crippen LogP) is 2.66. The molecular weight excluding hydrogens is 222 g/mol. The Bertz CT molecular complexity index is 437. The van der Waals surface area contributed by atoms with E-state index in [4.69, 9.17) is 4.98 Å². The van der Waals surface area contributed by atoms with E-state index < -0.39 is 0 Å². The smallest absolute Gasteiger partial charge is 0.129 e. The Balaban J connectivity index is 2.09. The first-order valence-electron chi connectivity index (χ1n) is 6.78. The van der Waals surface area contributed by atoms with E-state index in [1.165, 1.54) is 11.1 Å². The molecule has 98 valence electrons. The fraction of sp³-hybridized carbons (Fsp3) is 0.533. The highest BCUT2D eigenvalue weighted by Gasteiger charge is 2.12. The number of nitrogens with zero attached hydrogens (tertiary/aromatic N) is 2. The number of anilines is 1. The van der Waals surface area contributed by atoms with Gasteiger partial charge in [-0.05, 0) is 38.4 Å². The summed E-state index contributed by atoms with van der Waals surface area (Å²) in [4.78, 5) is 7.08. The number of rotatable bonds is 4. The van der Waals surface area contributed by atoms with Gasteiger partial charge in [-0.15, -0.1) is 0 Å². The molecule has 1 aromatic heterocycles. The third-order valence-corrected chi connectivity index (χ3v) is 3.51. The maximum Gasteiger partial charge on any atom is 0.129 e. The van der Waals surface area contributed by atoms with Crippen LogP contribution in [-0.4, -0.2) is 24.6 Å². The van der Waals surface area contributed by atoms with Crippen molar-refractivity contribution >= 4 is 5.82 Å². The molecule has 0 aromatic carbocycles. The number of aromatic nitrogens is 1. The van der Waals surface area contributed by atoms with Crippen LogP contribution in [0.3, 0.4) is 0 Å². The summed E-state index contributed by atoms with van der Waals surface area (Å²) >= 11 is 0. The van der Waals surface area contributed by atoms with Crippen molar-refractivity contribution in [3.63, 3.8) is 0 Å². The molecule has 0 atom stereocenters. The zero-order valence-electron chi connectivity index (χ0n) is 11.7. The Morgan fingerprint density at radius 3 is 2.78 bits per heavy atom. The van der Waals surface area contributed by atoms with Crippen molar-refractivity contribution in [2.24, 2.45) is 0 Å². The summed E-state index contributed by atoms with van der Waals surface area (Å²) in [7, 11) is 0. The highest BCUT2D eigenvalue weighted by atomic mass is 15.2. The molecule has 1 aliphatic heterocycles. The summed E-state index contributed by atoms with van der Waals surface area (Å²) < 4.78 is 0. The van der Waals surface area contributed by atoms with Crippen LogP contribution in [0.4, 0.5) is 5.82 Å². The first kappa shape index (κ1) is 13.1. The van der Waals surface area contributed by atoms with Crippen LogP contribution in [0, 0.1) is 6.92 Å². The Hall–Kier alpha value is -1.35. The average Bonchev–Trinajstić information content (AvgIpc) is 2.38. The van der Waals surface area contributed by atoms with Crippen molar-refractivity contribution in [1.82, 2.24) is 10.3 Å². The third-order valence-electron chi connectivity index (χ3n) is 3.51. The van der Waals surface area contributed by atoms with Crippen LogP contribution in [0.1, 0.15) is 31.5 Å². The summed E-state index contributed by atoms with van der Waals surface area (Å²) in [6.45, 7) is 10.4. The zero-order chi connectivity index (χ0) is 13.0.